The molecule has 0 spiro atoms. The summed E-state index contributed by atoms with van der Waals surface area (Å²) in [6.07, 6.45) is 3.37. The molecular weight excluding hydrogens is 254 g/mol. The third kappa shape index (κ3) is 1.78. The first-order chi connectivity index (χ1) is 9.72. The van der Waals surface area contributed by atoms with Crippen molar-refractivity contribution in [2.45, 2.75) is 6.92 Å². The largest absolute Gasteiger partial charge is 0.409 e. The van der Waals surface area contributed by atoms with Crippen LogP contribution in [0.2, 0.25) is 0 Å². The average Bonchev–Trinajstić information content (AvgIpc) is 2.90. The van der Waals surface area contributed by atoms with Crippen molar-refractivity contribution in [3.63, 3.8) is 0 Å². The molecule has 1 aromatic carbocycles. The number of pyridine rings is 1. The van der Waals surface area contributed by atoms with Crippen LogP contribution in [-0.2, 0) is 0 Å². The van der Waals surface area contributed by atoms with Crippen LogP contribution in [0.4, 0.5) is 0 Å². The van der Waals surface area contributed by atoms with Crippen LogP contribution in [0.25, 0.3) is 16.9 Å². The number of aryl methyl sites for hydroxylation is 1. The highest BCUT2D eigenvalue weighted by Gasteiger charge is 2.15. The zero-order valence-electron chi connectivity index (χ0n) is 10.9. The van der Waals surface area contributed by atoms with E-state index in [0.717, 1.165) is 16.6 Å². The van der Waals surface area contributed by atoms with Gasteiger partial charge in [0.2, 0.25) is 0 Å². The van der Waals surface area contributed by atoms with Crippen molar-refractivity contribution in [2.75, 3.05) is 0 Å². The number of fused-ring (bicyclic) bond motifs is 1. The Bertz CT molecular complexity index is 806. The Labute approximate surface area is 115 Å². The molecule has 0 aliphatic carbocycles. The fourth-order valence-corrected chi connectivity index (χ4v) is 2.22. The maximum Gasteiger partial charge on any atom is 0.174 e. The lowest BCUT2D eigenvalue weighted by atomic mass is 10.1. The zero-order chi connectivity index (χ0) is 14.1. The summed E-state index contributed by atoms with van der Waals surface area (Å²) < 4.78 is 1.83. The van der Waals surface area contributed by atoms with Crippen LogP contribution < -0.4 is 5.73 Å². The van der Waals surface area contributed by atoms with E-state index in [-0.39, 0.29) is 5.84 Å². The van der Waals surface area contributed by atoms with E-state index >= 15 is 0 Å². The van der Waals surface area contributed by atoms with Gasteiger partial charge in [0.25, 0.3) is 0 Å². The third-order valence-electron chi connectivity index (χ3n) is 3.18. The Morgan fingerprint density at radius 2 is 2.05 bits per heavy atom. The minimum absolute atomic E-state index is 0.0309. The normalized spacial score (nSPS) is 11.9. The van der Waals surface area contributed by atoms with Gasteiger partial charge < -0.3 is 10.9 Å². The molecule has 0 saturated heterocycles. The van der Waals surface area contributed by atoms with E-state index in [9.17, 15) is 0 Å². The molecule has 0 bridgehead atoms. The SMILES string of the molecule is Cc1ccnc(-n2cnc3ccccc32)c1/C(N)=N/O. The monoisotopic (exact) mass is 267 g/mol. The molecule has 0 unspecified atom stereocenters. The van der Waals surface area contributed by atoms with E-state index in [1.165, 1.54) is 0 Å². The third-order valence-corrected chi connectivity index (χ3v) is 3.18. The van der Waals surface area contributed by atoms with Gasteiger partial charge in [0, 0.05) is 6.20 Å². The summed E-state index contributed by atoms with van der Waals surface area (Å²) in [6.45, 7) is 1.89. The molecule has 100 valence electrons. The standard InChI is InChI=1S/C14H13N5O/c1-9-6-7-16-14(12(9)13(15)18-20)19-8-17-10-4-2-3-5-11(10)19/h2-8,20H,1H3,(H2,15,18). The molecule has 2 heterocycles. The van der Waals surface area contributed by atoms with Gasteiger partial charge in [-0.05, 0) is 30.7 Å². The van der Waals surface area contributed by atoms with Crippen LogP contribution in [-0.4, -0.2) is 25.6 Å². The van der Waals surface area contributed by atoms with Gasteiger partial charge >= 0.3 is 0 Å². The molecule has 2 aromatic heterocycles. The first-order valence-electron chi connectivity index (χ1n) is 6.08. The Morgan fingerprint density at radius 3 is 2.85 bits per heavy atom. The molecule has 3 rings (SSSR count). The number of benzene rings is 1. The molecule has 0 fully saturated rings. The van der Waals surface area contributed by atoms with Gasteiger partial charge in [-0.25, -0.2) is 9.97 Å². The fraction of sp³-hybridized carbons (Fsp3) is 0.0714. The van der Waals surface area contributed by atoms with Crippen LogP contribution in [0.1, 0.15) is 11.1 Å². The van der Waals surface area contributed by atoms with Gasteiger partial charge in [-0.1, -0.05) is 17.3 Å². The van der Waals surface area contributed by atoms with Crippen molar-refractivity contribution < 1.29 is 5.21 Å². The van der Waals surface area contributed by atoms with Crippen LogP contribution in [0, 0.1) is 6.92 Å². The minimum atomic E-state index is 0.0309. The lowest BCUT2D eigenvalue weighted by Crippen LogP contribution is -2.18. The van der Waals surface area contributed by atoms with Crippen molar-refractivity contribution in [3.05, 3.63) is 54.0 Å². The van der Waals surface area contributed by atoms with E-state index in [1.807, 2.05) is 41.8 Å². The number of hydrogen-bond acceptors (Lipinski definition) is 4. The summed E-state index contributed by atoms with van der Waals surface area (Å²) >= 11 is 0. The first kappa shape index (κ1) is 12.2. The molecule has 3 aromatic rings. The number of rotatable bonds is 2. The number of nitrogens with zero attached hydrogens (tertiary/aromatic N) is 4. The van der Waals surface area contributed by atoms with Crippen LogP contribution in [0.5, 0.6) is 0 Å². The molecule has 0 aliphatic heterocycles. The molecule has 20 heavy (non-hydrogen) atoms. The molecule has 0 saturated carbocycles. The Hall–Kier alpha value is -2.89. The Balaban J connectivity index is 2.33. The van der Waals surface area contributed by atoms with Crippen molar-refractivity contribution in [1.82, 2.24) is 14.5 Å². The highest BCUT2D eigenvalue weighted by atomic mass is 16.4. The summed E-state index contributed by atoms with van der Waals surface area (Å²) in [5, 5.41) is 12.0. The maximum atomic E-state index is 8.96. The number of imidazole rings is 1. The molecule has 6 heteroatoms. The van der Waals surface area contributed by atoms with Crippen LogP contribution in [0.3, 0.4) is 0 Å². The lowest BCUT2D eigenvalue weighted by molar-refractivity contribution is 0.318. The first-order valence-corrected chi connectivity index (χ1v) is 6.08. The number of aromatic nitrogens is 3. The second kappa shape index (κ2) is 4.65. The maximum absolute atomic E-state index is 8.96. The highest BCUT2D eigenvalue weighted by Crippen LogP contribution is 2.21. The molecule has 0 amide bonds. The summed E-state index contributed by atoms with van der Waals surface area (Å²) in [5.41, 5.74) is 9.02. The Morgan fingerprint density at radius 1 is 1.25 bits per heavy atom. The number of oxime groups is 1. The molecule has 0 atom stereocenters. The summed E-state index contributed by atoms with van der Waals surface area (Å²) in [7, 11) is 0. The van der Waals surface area contributed by atoms with Gasteiger partial charge in [0.15, 0.2) is 5.84 Å². The summed E-state index contributed by atoms with van der Waals surface area (Å²) in [4.78, 5) is 8.68. The predicted octanol–water partition coefficient (Wildman–Crippen LogP) is 1.82. The van der Waals surface area contributed by atoms with Crippen molar-refractivity contribution in [3.8, 4) is 5.82 Å². The smallest absolute Gasteiger partial charge is 0.174 e. The average molecular weight is 267 g/mol. The molecule has 0 radical (unpaired) electrons. The zero-order valence-corrected chi connectivity index (χ0v) is 10.9. The van der Waals surface area contributed by atoms with Crippen molar-refractivity contribution in [1.29, 1.82) is 0 Å². The van der Waals surface area contributed by atoms with Gasteiger partial charge in [-0.2, -0.15) is 0 Å². The molecule has 3 N–H and O–H groups in total. The van der Waals surface area contributed by atoms with E-state index in [4.69, 9.17) is 10.9 Å². The number of amidine groups is 1. The van der Waals surface area contributed by atoms with Crippen molar-refractivity contribution >= 4 is 16.9 Å². The van der Waals surface area contributed by atoms with E-state index < -0.39 is 0 Å². The highest BCUT2D eigenvalue weighted by molar-refractivity contribution is 6.01. The second-order valence-corrected chi connectivity index (χ2v) is 4.41. The van der Waals surface area contributed by atoms with Gasteiger partial charge in [0.1, 0.15) is 12.1 Å². The topological polar surface area (TPSA) is 89.3 Å². The lowest BCUT2D eigenvalue weighted by Gasteiger charge is -2.11. The van der Waals surface area contributed by atoms with Gasteiger partial charge in [-0.15, -0.1) is 0 Å². The van der Waals surface area contributed by atoms with E-state index in [2.05, 4.69) is 15.1 Å². The fourth-order valence-electron chi connectivity index (χ4n) is 2.22. The molecule has 6 nitrogen and oxygen atoms in total. The van der Waals surface area contributed by atoms with Crippen LogP contribution >= 0.6 is 0 Å². The van der Waals surface area contributed by atoms with E-state index in [0.29, 0.717) is 11.4 Å². The molecular formula is C14H13N5O. The number of nitrogens with two attached hydrogens (primary N) is 1. The van der Waals surface area contributed by atoms with Crippen molar-refractivity contribution in [2.24, 2.45) is 10.9 Å². The van der Waals surface area contributed by atoms with E-state index in [1.54, 1.807) is 12.5 Å². The van der Waals surface area contributed by atoms with Crippen LogP contribution in [0.15, 0.2) is 48.0 Å². The van der Waals surface area contributed by atoms with Gasteiger partial charge in [-0.3, -0.25) is 4.57 Å². The summed E-state index contributed by atoms with van der Waals surface area (Å²) in [6, 6.07) is 9.54. The van der Waals surface area contributed by atoms with Gasteiger partial charge in [0.05, 0.1) is 16.6 Å². The number of hydrogen-bond donors (Lipinski definition) is 2. The minimum Gasteiger partial charge on any atom is -0.409 e. The number of para-hydroxylation sites is 2. The second-order valence-electron chi connectivity index (χ2n) is 4.41. The summed E-state index contributed by atoms with van der Waals surface area (Å²) in [5.74, 6) is 0.623. The molecule has 0 aliphatic rings. The quantitative estimate of drug-likeness (QED) is 0.321. The predicted molar refractivity (Wildman–Crippen MR) is 76.1 cm³/mol. The Kier molecular flexibility index (Phi) is 2.83.